The van der Waals surface area contributed by atoms with Crippen molar-refractivity contribution in [2.45, 2.75) is 19.8 Å². The van der Waals surface area contributed by atoms with Gasteiger partial charge in [0.2, 0.25) is 10.0 Å². The lowest BCUT2D eigenvalue weighted by atomic mass is 10.3. The smallest absolute Gasteiger partial charge is 0.235 e. The van der Waals surface area contributed by atoms with E-state index in [0.717, 1.165) is 4.31 Å². The molecule has 0 fully saturated rings. The van der Waals surface area contributed by atoms with Gasteiger partial charge in [-0.25, -0.2) is 12.8 Å². The van der Waals surface area contributed by atoms with E-state index in [0.29, 0.717) is 19.4 Å². The van der Waals surface area contributed by atoms with Gasteiger partial charge in [0.25, 0.3) is 0 Å². The molecule has 0 bridgehead atoms. The molecule has 0 saturated heterocycles. The maximum Gasteiger partial charge on any atom is 0.235 e. The van der Waals surface area contributed by atoms with Gasteiger partial charge in [0.05, 0.1) is 11.4 Å². The van der Waals surface area contributed by atoms with Crippen LogP contribution in [0.1, 0.15) is 19.8 Å². The molecule has 0 heterocycles. The van der Waals surface area contributed by atoms with Gasteiger partial charge < -0.3 is 5.73 Å². The van der Waals surface area contributed by atoms with Crippen molar-refractivity contribution in [1.29, 1.82) is 0 Å². The van der Waals surface area contributed by atoms with Crippen molar-refractivity contribution in [3.05, 3.63) is 30.1 Å². The number of anilines is 1. The average Bonchev–Trinajstić information content (AvgIpc) is 2.32. The van der Waals surface area contributed by atoms with Crippen LogP contribution in [-0.4, -0.2) is 27.3 Å². The summed E-state index contributed by atoms with van der Waals surface area (Å²) in [6.45, 7) is 2.36. The van der Waals surface area contributed by atoms with Gasteiger partial charge in [-0.3, -0.25) is 4.31 Å². The van der Waals surface area contributed by atoms with Gasteiger partial charge in [-0.1, -0.05) is 12.1 Å². The molecule has 0 atom stereocenters. The van der Waals surface area contributed by atoms with Crippen LogP contribution in [0, 0.1) is 5.82 Å². The first kappa shape index (κ1) is 14.9. The Kier molecular flexibility index (Phi) is 5.55. The Labute approximate surface area is 108 Å². The molecule has 0 saturated carbocycles. The van der Waals surface area contributed by atoms with E-state index in [1.807, 2.05) is 0 Å². The zero-order chi connectivity index (χ0) is 13.6. The average molecular weight is 274 g/mol. The van der Waals surface area contributed by atoms with Crippen LogP contribution >= 0.6 is 0 Å². The Morgan fingerprint density at radius 3 is 2.50 bits per heavy atom. The fourth-order valence-electron chi connectivity index (χ4n) is 1.71. The Hall–Kier alpha value is -1.14. The molecule has 0 aromatic heterocycles. The zero-order valence-electron chi connectivity index (χ0n) is 10.5. The highest BCUT2D eigenvalue weighted by Gasteiger charge is 2.22. The normalized spacial score (nSPS) is 11.5. The van der Waals surface area contributed by atoms with Gasteiger partial charge in [-0.2, -0.15) is 0 Å². The number of benzene rings is 1. The summed E-state index contributed by atoms with van der Waals surface area (Å²) >= 11 is 0. The van der Waals surface area contributed by atoms with Gasteiger partial charge in [0.15, 0.2) is 0 Å². The van der Waals surface area contributed by atoms with Crippen LogP contribution in [0.2, 0.25) is 0 Å². The second kappa shape index (κ2) is 6.70. The summed E-state index contributed by atoms with van der Waals surface area (Å²) < 4.78 is 38.9. The summed E-state index contributed by atoms with van der Waals surface area (Å²) in [5.41, 5.74) is 5.44. The minimum atomic E-state index is -3.48. The summed E-state index contributed by atoms with van der Waals surface area (Å²) in [6, 6.07) is 5.89. The lowest BCUT2D eigenvalue weighted by molar-refractivity contribution is 0.582. The minimum Gasteiger partial charge on any atom is -0.330 e. The van der Waals surface area contributed by atoms with Gasteiger partial charge in [0, 0.05) is 6.54 Å². The van der Waals surface area contributed by atoms with E-state index in [1.54, 1.807) is 13.0 Å². The van der Waals surface area contributed by atoms with Crippen LogP contribution in [0.5, 0.6) is 0 Å². The zero-order valence-corrected chi connectivity index (χ0v) is 11.3. The number of para-hydroxylation sites is 1. The predicted molar refractivity (Wildman–Crippen MR) is 71.5 cm³/mol. The minimum absolute atomic E-state index is 0.00757. The lowest BCUT2D eigenvalue weighted by Gasteiger charge is -2.23. The second-order valence-electron chi connectivity index (χ2n) is 3.93. The fraction of sp³-hybridized carbons (Fsp3) is 0.500. The van der Waals surface area contributed by atoms with Gasteiger partial charge in [-0.05, 0) is 38.4 Å². The van der Waals surface area contributed by atoms with Gasteiger partial charge in [-0.15, -0.1) is 0 Å². The van der Waals surface area contributed by atoms with Crippen molar-refractivity contribution in [2.24, 2.45) is 5.73 Å². The predicted octanol–water partition coefficient (Wildman–Crippen LogP) is 1.72. The third kappa shape index (κ3) is 3.68. The Balaban J connectivity index is 2.93. The molecular weight excluding hydrogens is 255 g/mol. The molecule has 0 spiro atoms. The maximum absolute atomic E-state index is 13.6. The number of unbranched alkanes of at least 4 members (excludes halogenated alkanes) is 1. The Morgan fingerprint density at radius 2 is 1.94 bits per heavy atom. The van der Waals surface area contributed by atoms with Gasteiger partial charge in [0.1, 0.15) is 5.82 Å². The number of hydrogen-bond acceptors (Lipinski definition) is 3. The van der Waals surface area contributed by atoms with Crippen LogP contribution in [0.15, 0.2) is 24.3 Å². The molecule has 0 amide bonds. The monoisotopic (exact) mass is 274 g/mol. The first-order valence-electron chi connectivity index (χ1n) is 5.98. The standard InChI is InChI=1S/C12H19FN2O2S/c1-2-15(12-8-4-3-7-11(12)13)18(16,17)10-6-5-9-14/h3-4,7-8H,2,5-6,9-10,14H2,1H3. The quantitative estimate of drug-likeness (QED) is 0.770. The van der Waals surface area contributed by atoms with Crippen molar-refractivity contribution >= 4 is 15.7 Å². The highest BCUT2D eigenvalue weighted by Crippen LogP contribution is 2.22. The summed E-state index contributed by atoms with van der Waals surface area (Å²) in [7, 11) is -3.48. The van der Waals surface area contributed by atoms with Crippen molar-refractivity contribution in [3.63, 3.8) is 0 Å². The molecule has 2 N–H and O–H groups in total. The third-order valence-corrected chi connectivity index (χ3v) is 4.53. The van der Waals surface area contributed by atoms with Crippen molar-refractivity contribution in [2.75, 3.05) is 23.1 Å². The molecule has 18 heavy (non-hydrogen) atoms. The Morgan fingerprint density at radius 1 is 1.28 bits per heavy atom. The second-order valence-corrected chi connectivity index (χ2v) is 5.94. The molecule has 0 radical (unpaired) electrons. The summed E-state index contributed by atoms with van der Waals surface area (Å²) in [6.07, 6.45) is 1.14. The first-order valence-corrected chi connectivity index (χ1v) is 7.59. The largest absolute Gasteiger partial charge is 0.330 e. The molecule has 4 nitrogen and oxygen atoms in total. The number of nitrogens with two attached hydrogens (primary N) is 1. The van der Waals surface area contributed by atoms with Crippen LogP contribution in [0.3, 0.4) is 0 Å². The van der Waals surface area contributed by atoms with E-state index in [-0.39, 0.29) is 18.0 Å². The van der Waals surface area contributed by atoms with Crippen molar-refractivity contribution < 1.29 is 12.8 Å². The van der Waals surface area contributed by atoms with E-state index in [1.165, 1.54) is 18.2 Å². The number of nitrogens with zero attached hydrogens (tertiary/aromatic N) is 1. The summed E-state index contributed by atoms with van der Waals surface area (Å²) in [4.78, 5) is 0. The fourth-order valence-corrected chi connectivity index (χ4v) is 3.34. The van der Waals surface area contributed by atoms with E-state index in [2.05, 4.69) is 0 Å². The van der Waals surface area contributed by atoms with Crippen molar-refractivity contribution in [1.82, 2.24) is 0 Å². The van der Waals surface area contributed by atoms with Crippen molar-refractivity contribution in [3.8, 4) is 0 Å². The SMILES string of the molecule is CCN(c1ccccc1F)S(=O)(=O)CCCCN. The molecular formula is C12H19FN2O2S. The first-order chi connectivity index (χ1) is 8.53. The molecule has 1 rings (SSSR count). The highest BCUT2D eigenvalue weighted by atomic mass is 32.2. The van der Waals surface area contributed by atoms with Crippen LogP contribution in [0.25, 0.3) is 0 Å². The Bertz CT molecular complexity index is 477. The topological polar surface area (TPSA) is 63.4 Å². The number of hydrogen-bond donors (Lipinski definition) is 1. The third-order valence-electron chi connectivity index (χ3n) is 2.60. The van der Waals surface area contributed by atoms with Crippen LogP contribution in [0.4, 0.5) is 10.1 Å². The maximum atomic E-state index is 13.6. The summed E-state index contributed by atoms with van der Waals surface area (Å²) in [5, 5.41) is 0. The highest BCUT2D eigenvalue weighted by molar-refractivity contribution is 7.92. The van der Waals surface area contributed by atoms with E-state index in [4.69, 9.17) is 5.73 Å². The molecule has 1 aromatic carbocycles. The molecule has 1 aromatic rings. The molecule has 0 aliphatic carbocycles. The number of halogens is 1. The molecule has 6 heteroatoms. The molecule has 0 unspecified atom stereocenters. The van der Waals surface area contributed by atoms with Crippen LogP contribution < -0.4 is 10.0 Å². The summed E-state index contributed by atoms with van der Waals surface area (Å²) in [5.74, 6) is -0.534. The lowest BCUT2D eigenvalue weighted by Crippen LogP contribution is -2.33. The van der Waals surface area contributed by atoms with Crippen LogP contribution in [-0.2, 0) is 10.0 Å². The molecule has 102 valence electrons. The molecule has 0 aliphatic heterocycles. The van der Waals surface area contributed by atoms with Gasteiger partial charge >= 0.3 is 0 Å². The number of sulfonamides is 1. The van der Waals surface area contributed by atoms with E-state index in [9.17, 15) is 12.8 Å². The van der Waals surface area contributed by atoms with E-state index < -0.39 is 15.8 Å². The number of rotatable bonds is 7. The van der Waals surface area contributed by atoms with E-state index >= 15 is 0 Å². The molecule has 0 aliphatic rings.